The van der Waals surface area contributed by atoms with E-state index in [1.807, 2.05) is 48.6 Å². The lowest BCUT2D eigenvalue weighted by molar-refractivity contribution is 0.0994. The van der Waals surface area contributed by atoms with Gasteiger partial charge in [-0.3, -0.25) is 4.79 Å². The van der Waals surface area contributed by atoms with Gasteiger partial charge in [-0.2, -0.15) is 11.8 Å². The number of benzene rings is 1. The van der Waals surface area contributed by atoms with Gasteiger partial charge in [0, 0.05) is 21.8 Å². The molecule has 4 heteroatoms. The maximum Gasteiger partial charge on any atom is 0.176 e. The molecule has 0 radical (unpaired) electrons. The third kappa shape index (κ3) is 3.29. The van der Waals surface area contributed by atoms with Gasteiger partial charge in [-0.05, 0) is 30.7 Å². The molecular weight excluding hydrogens is 276 g/mol. The molecule has 2 nitrogen and oxygen atoms in total. The highest BCUT2D eigenvalue weighted by atomic mass is 32.2. The lowest BCUT2D eigenvalue weighted by atomic mass is 10.0. The summed E-state index contributed by atoms with van der Waals surface area (Å²) >= 11 is 3.72. The summed E-state index contributed by atoms with van der Waals surface area (Å²) in [4.78, 5) is 12.6. The summed E-state index contributed by atoms with van der Waals surface area (Å²) in [5.41, 5.74) is 1.84. The molecule has 0 spiro atoms. The first kappa shape index (κ1) is 14.8. The van der Waals surface area contributed by atoms with Gasteiger partial charge in [-0.25, -0.2) is 0 Å². The molecule has 0 saturated carbocycles. The summed E-state index contributed by atoms with van der Waals surface area (Å²) in [7, 11) is 1.65. The Kier molecular flexibility index (Phi) is 4.85. The molecule has 0 aliphatic carbocycles. The first-order valence-corrected chi connectivity index (χ1v) is 8.48. The lowest BCUT2D eigenvalue weighted by Gasteiger charge is -2.30. The number of ether oxygens (including phenoxy) is 1. The van der Waals surface area contributed by atoms with Crippen LogP contribution in [0.15, 0.2) is 18.2 Å². The Balaban J connectivity index is 2.16. The lowest BCUT2D eigenvalue weighted by Crippen LogP contribution is -2.32. The van der Waals surface area contributed by atoms with Crippen molar-refractivity contribution in [1.82, 2.24) is 0 Å². The largest absolute Gasteiger partial charge is 0.497 e. The molecule has 3 atom stereocenters. The van der Waals surface area contributed by atoms with E-state index in [1.165, 1.54) is 0 Å². The van der Waals surface area contributed by atoms with E-state index in [9.17, 15) is 4.79 Å². The normalized spacial score (nSPS) is 27.1. The topological polar surface area (TPSA) is 26.3 Å². The van der Waals surface area contributed by atoms with E-state index in [4.69, 9.17) is 4.74 Å². The van der Waals surface area contributed by atoms with Crippen molar-refractivity contribution in [2.45, 2.75) is 36.5 Å². The Morgan fingerprint density at radius 2 is 2.05 bits per heavy atom. The van der Waals surface area contributed by atoms with Crippen LogP contribution < -0.4 is 4.74 Å². The van der Waals surface area contributed by atoms with Crippen molar-refractivity contribution in [3.63, 3.8) is 0 Å². The second-order valence-corrected chi connectivity index (χ2v) is 7.91. The van der Waals surface area contributed by atoms with E-state index in [0.29, 0.717) is 10.5 Å². The Bertz CT molecular complexity index is 473. The van der Waals surface area contributed by atoms with Crippen LogP contribution in [0.2, 0.25) is 0 Å². The molecule has 0 aromatic heterocycles. The zero-order valence-corrected chi connectivity index (χ0v) is 13.4. The van der Waals surface area contributed by atoms with Gasteiger partial charge in [0.15, 0.2) is 5.78 Å². The second kappa shape index (κ2) is 6.23. The van der Waals surface area contributed by atoms with Gasteiger partial charge in [0.1, 0.15) is 5.75 Å². The third-order valence-electron chi connectivity index (χ3n) is 3.54. The molecular formula is C15H20O2S2. The van der Waals surface area contributed by atoms with Crippen LogP contribution in [-0.2, 0) is 0 Å². The smallest absolute Gasteiger partial charge is 0.176 e. The van der Waals surface area contributed by atoms with E-state index in [1.54, 1.807) is 7.11 Å². The molecule has 0 bridgehead atoms. The SMILES string of the molecule is COc1ccc(C(=O)C2CSC(C)C(C)S2)c(C)c1. The second-order valence-electron chi connectivity index (χ2n) is 4.91. The molecule has 1 heterocycles. The number of aryl methyl sites for hydroxylation is 1. The fraction of sp³-hybridized carbons (Fsp3) is 0.533. The third-order valence-corrected chi connectivity index (χ3v) is 6.93. The van der Waals surface area contributed by atoms with Crippen LogP contribution in [0, 0.1) is 6.92 Å². The molecule has 1 aromatic rings. The number of rotatable bonds is 3. The molecule has 1 aliphatic rings. The van der Waals surface area contributed by atoms with Gasteiger partial charge in [0.25, 0.3) is 0 Å². The summed E-state index contributed by atoms with van der Waals surface area (Å²) in [6.45, 7) is 6.42. The molecule has 0 N–H and O–H groups in total. The molecule has 1 aromatic carbocycles. The minimum Gasteiger partial charge on any atom is -0.497 e. The first-order valence-electron chi connectivity index (χ1n) is 6.49. The monoisotopic (exact) mass is 296 g/mol. The Labute approximate surface area is 123 Å². The molecule has 104 valence electrons. The fourth-order valence-electron chi connectivity index (χ4n) is 2.13. The Morgan fingerprint density at radius 1 is 1.32 bits per heavy atom. The molecule has 1 fully saturated rings. The van der Waals surface area contributed by atoms with Gasteiger partial charge in [-0.1, -0.05) is 13.8 Å². The summed E-state index contributed by atoms with van der Waals surface area (Å²) in [6, 6.07) is 5.69. The average Bonchev–Trinajstić information content (AvgIpc) is 2.41. The highest BCUT2D eigenvalue weighted by Gasteiger charge is 2.31. The molecule has 1 saturated heterocycles. The van der Waals surface area contributed by atoms with E-state index in [-0.39, 0.29) is 11.0 Å². The number of thioether (sulfide) groups is 2. The van der Waals surface area contributed by atoms with Crippen LogP contribution >= 0.6 is 23.5 Å². The molecule has 19 heavy (non-hydrogen) atoms. The van der Waals surface area contributed by atoms with E-state index in [2.05, 4.69) is 13.8 Å². The number of hydrogen-bond acceptors (Lipinski definition) is 4. The minimum atomic E-state index is 0.0864. The van der Waals surface area contributed by atoms with Crippen molar-refractivity contribution in [1.29, 1.82) is 0 Å². The van der Waals surface area contributed by atoms with Gasteiger partial charge in [-0.15, -0.1) is 11.8 Å². The van der Waals surface area contributed by atoms with Gasteiger partial charge in [0.05, 0.1) is 12.4 Å². The van der Waals surface area contributed by atoms with E-state index >= 15 is 0 Å². The van der Waals surface area contributed by atoms with Crippen LogP contribution in [0.3, 0.4) is 0 Å². The molecule has 1 aliphatic heterocycles. The van der Waals surface area contributed by atoms with Crippen LogP contribution in [0.5, 0.6) is 5.75 Å². The Hall–Kier alpha value is -0.610. The van der Waals surface area contributed by atoms with Crippen molar-refractivity contribution < 1.29 is 9.53 Å². The number of carbonyl (C=O) groups excluding carboxylic acids is 1. The predicted octanol–water partition coefficient (Wildman–Crippen LogP) is 3.81. The number of carbonyl (C=O) groups is 1. The van der Waals surface area contributed by atoms with Crippen molar-refractivity contribution >= 4 is 29.3 Å². The molecule has 3 unspecified atom stereocenters. The van der Waals surface area contributed by atoms with Gasteiger partial charge < -0.3 is 4.74 Å². The Morgan fingerprint density at radius 3 is 2.63 bits per heavy atom. The molecule has 2 rings (SSSR count). The van der Waals surface area contributed by atoms with Crippen LogP contribution in [-0.4, -0.2) is 34.4 Å². The van der Waals surface area contributed by atoms with E-state index < -0.39 is 0 Å². The van der Waals surface area contributed by atoms with Crippen molar-refractivity contribution in [2.24, 2.45) is 0 Å². The number of ketones is 1. The van der Waals surface area contributed by atoms with Crippen molar-refractivity contribution in [3.05, 3.63) is 29.3 Å². The number of methoxy groups -OCH3 is 1. The summed E-state index contributed by atoms with van der Waals surface area (Å²) in [5.74, 6) is 1.98. The van der Waals surface area contributed by atoms with Crippen LogP contribution in [0.1, 0.15) is 29.8 Å². The number of hydrogen-bond donors (Lipinski definition) is 0. The number of Topliss-reactive ketones (excluding diaryl/α,β-unsaturated/α-hetero) is 1. The van der Waals surface area contributed by atoms with Gasteiger partial charge >= 0.3 is 0 Å². The van der Waals surface area contributed by atoms with Gasteiger partial charge in [0.2, 0.25) is 0 Å². The average molecular weight is 296 g/mol. The highest BCUT2D eigenvalue weighted by Crippen LogP contribution is 2.37. The standard InChI is InChI=1S/C15H20O2S2/c1-9-7-12(17-4)5-6-13(9)15(16)14-8-18-10(2)11(3)19-14/h5-7,10-11,14H,8H2,1-4H3. The van der Waals surface area contributed by atoms with Crippen LogP contribution in [0.25, 0.3) is 0 Å². The first-order chi connectivity index (χ1) is 9.02. The summed E-state index contributed by atoms with van der Waals surface area (Å²) in [6.07, 6.45) is 0. The maximum absolute atomic E-state index is 12.6. The zero-order chi connectivity index (χ0) is 14.0. The molecule has 0 amide bonds. The summed E-state index contributed by atoms with van der Waals surface area (Å²) < 4.78 is 5.19. The van der Waals surface area contributed by atoms with Crippen LogP contribution in [0.4, 0.5) is 0 Å². The predicted molar refractivity (Wildman–Crippen MR) is 84.8 cm³/mol. The minimum absolute atomic E-state index is 0.0864. The van der Waals surface area contributed by atoms with E-state index in [0.717, 1.165) is 22.6 Å². The van der Waals surface area contributed by atoms with Crippen molar-refractivity contribution in [3.8, 4) is 5.75 Å². The zero-order valence-electron chi connectivity index (χ0n) is 11.8. The maximum atomic E-state index is 12.6. The summed E-state index contributed by atoms with van der Waals surface area (Å²) in [5, 5.41) is 1.25. The highest BCUT2D eigenvalue weighted by molar-refractivity contribution is 8.08. The quantitative estimate of drug-likeness (QED) is 0.792. The van der Waals surface area contributed by atoms with Crippen molar-refractivity contribution in [2.75, 3.05) is 12.9 Å². The fourth-order valence-corrected chi connectivity index (χ4v) is 5.00.